The fourth-order valence-corrected chi connectivity index (χ4v) is 7.45. The number of fused-ring (bicyclic) bond motifs is 1. The molecule has 13 nitrogen and oxygen atoms in total. The molecule has 0 radical (unpaired) electrons. The summed E-state index contributed by atoms with van der Waals surface area (Å²) < 4.78 is 35.6. The van der Waals surface area contributed by atoms with E-state index in [-0.39, 0.29) is 17.4 Å². The molecule has 6 heterocycles. The molecular weight excluding hydrogens is 677 g/mol. The fourth-order valence-electron chi connectivity index (χ4n) is 7.45. The van der Waals surface area contributed by atoms with Crippen LogP contribution in [0.15, 0.2) is 43.1 Å². The van der Waals surface area contributed by atoms with Gasteiger partial charge in [0, 0.05) is 55.7 Å². The molecule has 3 aliphatic rings. The molecule has 0 unspecified atom stereocenters. The summed E-state index contributed by atoms with van der Waals surface area (Å²) in [6.07, 6.45) is 11.4. The Balaban J connectivity index is 0.000000604. The number of nitrogens with one attached hydrogen (secondary N) is 2. The van der Waals surface area contributed by atoms with Gasteiger partial charge in [0.2, 0.25) is 5.91 Å². The van der Waals surface area contributed by atoms with Crippen LogP contribution in [0.2, 0.25) is 0 Å². The normalized spacial score (nSPS) is 18.4. The van der Waals surface area contributed by atoms with Crippen LogP contribution in [-0.2, 0) is 9.59 Å². The quantitative estimate of drug-likeness (QED) is 0.226. The van der Waals surface area contributed by atoms with Gasteiger partial charge in [-0.25, -0.2) is 19.3 Å². The van der Waals surface area contributed by atoms with Crippen molar-refractivity contribution in [2.75, 3.05) is 31.1 Å². The summed E-state index contributed by atoms with van der Waals surface area (Å²) in [7, 11) is 0. The summed E-state index contributed by atoms with van der Waals surface area (Å²) in [5.41, 5.74) is 4.48. The van der Waals surface area contributed by atoms with Crippen LogP contribution in [0, 0.1) is 22.2 Å². The fraction of sp³-hybridized carbons (Fsp3) is 0.528. The Morgan fingerprint density at radius 1 is 1.06 bits per heavy atom. The summed E-state index contributed by atoms with van der Waals surface area (Å²) in [4.78, 5) is 34.1. The van der Waals surface area contributed by atoms with Crippen molar-refractivity contribution in [1.29, 1.82) is 5.26 Å². The minimum atomic E-state index is -5.08. The predicted molar refractivity (Wildman–Crippen MR) is 186 cm³/mol. The smallest absolute Gasteiger partial charge is 0.475 e. The maximum Gasteiger partial charge on any atom is 0.490 e. The molecule has 2 aliphatic heterocycles. The Morgan fingerprint density at radius 3 is 2.29 bits per heavy atom. The highest BCUT2D eigenvalue weighted by molar-refractivity contribution is 5.84. The molecule has 1 spiro atoms. The zero-order chi connectivity index (χ0) is 37.3. The summed E-state index contributed by atoms with van der Waals surface area (Å²) in [5.74, 6) is -1.72. The third-order valence-electron chi connectivity index (χ3n) is 10.8. The number of rotatable bonds is 7. The van der Waals surface area contributed by atoms with Crippen LogP contribution in [0.25, 0.3) is 28.0 Å². The van der Waals surface area contributed by atoms with Crippen LogP contribution in [-0.4, -0.2) is 84.7 Å². The van der Waals surface area contributed by atoms with Crippen molar-refractivity contribution in [2.45, 2.75) is 84.0 Å². The van der Waals surface area contributed by atoms with Gasteiger partial charge in [-0.15, -0.1) is 0 Å². The number of piperidine rings is 1. The number of carboxylic acids is 1. The van der Waals surface area contributed by atoms with Gasteiger partial charge in [-0.05, 0) is 76.3 Å². The van der Waals surface area contributed by atoms with E-state index in [1.54, 1.807) is 10.7 Å². The number of carbonyl (C=O) groups is 2. The number of amides is 1. The van der Waals surface area contributed by atoms with Crippen LogP contribution in [0.3, 0.4) is 0 Å². The molecule has 0 bridgehead atoms. The Morgan fingerprint density at radius 2 is 1.75 bits per heavy atom. The van der Waals surface area contributed by atoms with Crippen molar-refractivity contribution >= 4 is 23.2 Å². The van der Waals surface area contributed by atoms with Crippen LogP contribution in [0.4, 0.5) is 19.0 Å². The topological polar surface area (TPSA) is 166 Å². The van der Waals surface area contributed by atoms with Gasteiger partial charge in [-0.2, -0.15) is 28.6 Å². The minimum absolute atomic E-state index is 0.134. The maximum absolute atomic E-state index is 13.0. The Labute approximate surface area is 299 Å². The van der Waals surface area contributed by atoms with E-state index in [9.17, 15) is 23.2 Å². The SMILES string of the molecule is CCC1(C(=O)NC(C)C)CCN(c2ccc(-c3nc(-c4cnn(C5CCC6(CC5)CNC6)c4)cn4ncc(C#N)c34)cn2)CC1.O=C(O)C(F)(F)F. The van der Waals surface area contributed by atoms with Crippen molar-refractivity contribution < 1.29 is 27.9 Å². The summed E-state index contributed by atoms with van der Waals surface area (Å²) >= 11 is 0. The molecule has 4 aromatic rings. The molecule has 0 atom stereocenters. The molecule has 3 N–H and O–H groups in total. The van der Waals surface area contributed by atoms with Crippen LogP contribution >= 0.6 is 0 Å². The second-order valence-electron chi connectivity index (χ2n) is 14.4. The summed E-state index contributed by atoms with van der Waals surface area (Å²) in [6.45, 7) is 9.97. The molecule has 1 saturated carbocycles. The van der Waals surface area contributed by atoms with Gasteiger partial charge < -0.3 is 20.6 Å². The van der Waals surface area contributed by atoms with E-state index in [0.29, 0.717) is 28.2 Å². The first-order valence-electron chi connectivity index (χ1n) is 17.6. The molecule has 1 aliphatic carbocycles. The van der Waals surface area contributed by atoms with Gasteiger partial charge in [-0.3, -0.25) is 9.48 Å². The first kappa shape index (κ1) is 36.7. The van der Waals surface area contributed by atoms with Gasteiger partial charge in [0.05, 0.1) is 41.4 Å². The number of carbonyl (C=O) groups excluding carboxylic acids is 1. The summed E-state index contributed by atoms with van der Waals surface area (Å²) in [6, 6.07) is 6.85. The monoisotopic (exact) mass is 720 g/mol. The van der Waals surface area contributed by atoms with Crippen LogP contribution in [0.5, 0.6) is 0 Å². The van der Waals surface area contributed by atoms with E-state index in [1.807, 2.05) is 44.6 Å². The standard InChI is InChI=1S/C34H42N10O.C2HF3O2/c1-4-34(32(45)40-23(2)3)11-13-42(14-12-34)29-6-5-24(16-37-29)30-31-25(15-35)17-39-44(31)20-28(41-30)26-18-38-43(19-26)27-7-9-33(10-8-27)21-36-22-33;3-2(4,5)1(6)7/h5-6,16-20,23,27,36H,4,7-14,21-22H2,1-3H3,(H,40,45);(H,6,7). The third kappa shape index (κ3) is 7.45. The van der Waals surface area contributed by atoms with Crippen molar-refractivity contribution in [3.63, 3.8) is 0 Å². The third-order valence-corrected chi connectivity index (χ3v) is 10.8. The van der Waals surface area contributed by atoms with Crippen LogP contribution in [0.1, 0.15) is 77.3 Å². The molecule has 52 heavy (non-hydrogen) atoms. The highest BCUT2D eigenvalue weighted by Crippen LogP contribution is 2.43. The van der Waals surface area contributed by atoms with Gasteiger partial charge in [0.25, 0.3) is 0 Å². The molecule has 276 valence electrons. The number of pyridine rings is 1. The molecule has 1 amide bonds. The van der Waals surface area contributed by atoms with E-state index in [1.165, 1.54) is 12.8 Å². The van der Waals surface area contributed by atoms with E-state index >= 15 is 0 Å². The number of nitriles is 1. The number of alkyl halides is 3. The maximum atomic E-state index is 13.0. The number of anilines is 1. The van der Waals surface area contributed by atoms with Gasteiger partial charge in [-0.1, -0.05) is 6.92 Å². The molecular formula is C36H43F3N10O3. The highest BCUT2D eigenvalue weighted by atomic mass is 19.4. The van der Waals surface area contributed by atoms with Crippen molar-refractivity contribution in [2.24, 2.45) is 10.8 Å². The molecule has 16 heteroatoms. The lowest BCUT2D eigenvalue weighted by molar-refractivity contribution is -0.192. The second kappa shape index (κ2) is 14.5. The van der Waals surface area contributed by atoms with Crippen molar-refractivity contribution in [3.8, 4) is 28.6 Å². The average molecular weight is 721 g/mol. The van der Waals surface area contributed by atoms with E-state index in [0.717, 1.165) is 80.9 Å². The second-order valence-corrected chi connectivity index (χ2v) is 14.4. The largest absolute Gasteiger partial charge is 0.490 e. The number of carboxylic acid groups (broad SMARTS) is 1. The number of nitrogens with zero attached hydrogens (tertiary/aromatic N) is 8. The Kier molecular flexibility index (Phi) is 10.3. The lowest BCUT2D eigenvalue weighted by Gasteiger charge is -2.47. The first-order chi connectivity index (χ1) is 24.8. The van der Waals surface area contributed by atoms with Gasteiger partial charge in [0.1, 0.15) is 23.0 Å². The van der Waals surface area contributed by atoms with E-state index in [4.69, 9.17) is 25.0 Å². The lowest BCUT2D eigenvalue weighted by Crippen LogP contribution is -2.54. The number of halogens is 3. The average Bonchev–Trinajstić information content (AvgIpc) is 3.78. The van der Waals surface area contributed by atoms with Crippen LogP contribution < -0.4 is 15.5 Å². The van der Waals surface area contributed by atoms with E-state index < -0.39 is 12.1 Å². The van der Waals surface area contributed by atoms with Crippen molar-refractivity contribution in [3.05, 3.63) is 48.7 Å². The molecule has 0 aromatic carbocycles. The number of aromatic nitrogens is 6. The van der Waals surface area contributed by atoms with Crippen molar-refractivity contribution in [1.82, 2.24) is 40.0 Å². The van der Waals surface area contributed by atoms with Gasteiger partial charge in [0.15, 0.2) is 0 Å². The number of hydrogen-bond donors (Lipinski definition) is 3. The molecule has 3 fully saturated rings. The van der Waals surface area contributed by atoms with Gasteiger partial charge >= 0.3 is 12.1 Å². The minimum Gasteiger partial charge on any atom is -0.475 e. The zero-order valence-corrected chi connectivity index (χ0v) is 29.4. The molecule has 2 saturated heterocycles. The Hall–Kier alpha value is -5.04. The summed E-state index contributed by atoms with van der Waals surface area (Å²) in [5, 5.41) is 32.8. The van der Waals surface area contributed by atoms with E-state index in [2.05, 4.69) is 44.5 Å². The predicted octanol–water partition coefficient (Wildman–Crippen LogP) is 5.39. The lowest BCUT2D eigenvalue weighted by atomic mass is 9.68. The molecule has 4 aromatic heterocycles. The zero-order valence-electron chi connectivity index (χ0n) is 29.4. The first-order valence-corrected chi connectivity index (χ1v) is 17.6. The number of aliphatic carboxylic acids is 1. The highest BCUT2D eigenvalue weighted by Gasteiger charge is 2.42. The Bertz CT molecular complexity index is 1940. The number of hydrogen-bond acceptors (Lipinski definition) is 9. The molecule has 7 rings (SSSR count).